The molecular weight excluding hydrogens is 230 g/mol. The lowest BCUT2D eigenvalue weighted by molar-refractivity contribution is -0.150. The molecule has 0 radical (unpaired) electrons. The number of rotatable bonds is 2. The summed E-state index contributed by atoms with van der Waals surface area (Å²) in [6.07, 6.45) is 0.137. The number of nitrogens with one attached hydrogen (secondary N) is 2. The molecule has 1 fully saturated rings. The van der Waals surface area contributed by atoms with E-state index in [1.165, 1.54) is 12.1 Å². The molecule has 0 aromatic rings. The number of methoxy groups -OCH3 is 1. The first-order chi connectivity index (χ1) is 7.58. The van der Waals surface area contributed by atoms with Crippen LogP contribution >= 0.6 is 12.2 Å². The fourth-order valence-electron chi connectivity index (χ4n) is 1.46. The number of carbonyl (C=O) groups excluding carboxylic acids is 2. The Balaban J connectivity index is 2.64. The molecule has 1 aliphatic heterocycles. The quantitative estimate of drug-likeness (QED) is 0.500. The van der Waals surface area contributed by atoms with Crippen LogP contribution in [0.2, 0.25) is 0 Å². The maximum absolute atomic E-state index is 11.4. The molecule has 1 unspecified atom stereocenters. The van der Waals surface area contributed by atoms with Gasteiger partial charge in [0.2, 0.25) is 5.91 Å². The molecule has 90 valence electrons. The van der Waals surface area contributed by atoms with Crippen molar-refractivity contribution in [2.75, 3.05) is 20.2 Å². The van der Waals surface area contributed by atoms with E-state index in [-0.39, 0.29) is 18.3 Å². The van der Waals surface area contributed by atoms with Crippen molar-refractivity contribution in [3.63, 3.8) is 0 Å². The number of hydrogen-bond donors (Lipinski definition) is 2. The Bertz CT molecular complexity index is 308. The third-order valence-corrected chi connectivity index (χ3v) is 2.57. The highest BCUT2D eigenvalue weighted by atomic mass is 32.1. The van der Waals surface area contributed by atoms with E-state index in [4.69, 9.17) is 12.2 Å². The number of carbonyl (C=O) groups is 2. The maximum Gasteiger partial charge on any atom is 0.311 e. The van der Waals surface area contributed by atoms with Crippen LogP contribution in [0.5, 0.6) is 0 Å². The second kappa shape index (κ2) is 5.64. The highest BCUT2D eigenvalue weighted by Gasteiger charge is 2.31. The van der Waals surface area contributed by atoms with Gasteiger partial charge in [-0.25, -0.2) is 0 Å². The summed E-state index contributed by atoms with van der Waals surface area (Å²) < 4.78 is 4.62. The fourth-order valence-corrected chi connectivity index (χ4v) is 1.72. The van der Waals surface area contributed by atoms with Gasteiger partial charge in [0.05, 0.1) is 19.6 Å². The molecule has 1 saturated heterocycles. The predicted octanol–water partition coefficient (Wildman–Crippen LogP) is -0.593. The van der Waals surface area contributed by atoms with Crippen LogP contribution in [0, 0.1) is 5.92 Å². The van der Waals surface area contributed by atoms with Crippen molar-refractivity contribution in [2.24, 2.45) is 5.92 Å². The summed E-state index contributed by atoms with van der Waals surface area (Å²) in [6.45, 7) is 2.90. The van der Waals surface area contributed by atoms with Gasteiger partial charge in [0, 0.05) is 13.0 Å². The second-order valence-corrected chi connectivity index (χ2v) is 3.79. The topological polar surface area (TPSA) is 70.7 Å². The molecule has 0 bridgehead atoms. The van der Waals surface area contributed by atoms with E-state index >= 15 is 0 Å². The molecule has 1 atom stereocenters. The molecule has 0 aromatic heterocycles. The Labute approximate surface area is 99.3 Å². The molecular formula is C9H15N3O3S. The second-order valence-electron chi connectivity index (χ2n) is 3.41. The number of amides is 1. The van der Waals surface area contributed by atoms with Crippen molar-refractivity contribution >= 4 is 29.2 Å². The lowest BCUT2D eigenvalue weighted by atomic mass is 10.0. The minimum atomic E-state index is -0.463. The van der Waals surface area contributed by atoms with Crippen LogP contribution in [0.15, 0.2) is 0 Å². The van der Waals surface area contributed by atoms with E-state index in [1.807, 2.05) is 6.92 Å². The first-order valence-electron chi connectivity index (χ1n) is 5.01. The Morgan fingerprint density at radius 1 is 1.75 bits per heavy atom. The molecule has 7 heteroatoms. The smallest absolute Gasteiger partial charge is 0.311 e. The van der Waals surface area contributed by atoms with E-state index < -0.39 is 5.92 Å². The molecule has 1 rings (SSSR count). The molecule has 16 heavy (non-hydrogen) atoms. The van der Waals surface area contributed by atoms with Gasteiger partial charge in [-0.2, -0.15) is 0 Å². The minimum absolute atomic E-state index is 0.137. The van der Waals surface area contributed by atoms with Crippen LogP contribution in [0.25, 0.3) is 0 Å². The maximum atomic E-state index is 11.4. The Kier molecular flexibility index (Phi) is 4.48. The largest absolute Gasteiger partial charge is 0.469 e. The number of hydrogen-bond acceptors (Lipinski definition) is 4. The average molecular weight is 245 g/mol. The van der Waals surface area contributed by atoms with Crippen LogP contribution in [0.3, 0.4) is 0 Å². The molecule has 1 heterocycles. The number of hydrazine groups is 1. The number of nitrogens with zero attached hydrogens (tertiary/aromatic N) is 1. The third-order valence-electron chi connectivity index (χ3n) is 2.20. The highest BCUT2D eigenvalue weighted by Crippen LogP contribution is 2.12. The van der Waals surface area contributed by atoms with Gasteiger partial charge in [0.25, 0.3) is 0 Å². The zero-order chi connectivity index (χ0) is 12.1. The van der Waals surface area contributed by atoms with Crippen LogP contribution < -0.4 is 10.7 Å². The molecule has 6 nitrogen and oxygen atoms in total. The monoisotopic (exact) mass is 245 g/mol. The molecule has 0 aliphatic carbocycles. The Morgan fingerprint density at radius 3 is 3.00 bits per heavy atom. The molecule has 1 aliphatic rings. The minimum Gasteiger partial charge on any atom is -0.469 e. The van der Waals surface area contributed by atoms with Gasteiger partial charge in [0.15, 0.2) is 5.11 Å². The molecule has 0 spiro atoms. The lowest BCUT2D eigenvalue weighted by Crippen LogP contribution is -2.57. The van der Waals surface area contributed by atoms with Crippen LogP contribution in [0.4, 0.5) is 0 Å². The van der Waals surface area contributed by atoms with Crippen LogP contribution in [-0.2, 0) is 14.3 Å². The van der Waals surface area contributed by atoms with Gasteiger partial charge in [0.1, 0.15) is 0 Å². The van der Waals surface area contributed by atoms with Crippen molar-refractivity contribution in [2.45, 2.75) is 13.3 Å². The van der Waals surface area contributed by atoms with Gasteiger partial charge in [-0.3, -0.25) is 20.0 Å². The van der Waals surface area contributed by atoms with E-state index in [2.05, 4.69) is 15.5 Å². The first-order valence-corrected chi connectivity index (χ1v) is 5.42. The predicted molar refractivity (Wildman–Crippen MR) is 61.2 cm³/mol. The Hall–Kier alpha value is -1.37. The standard InChI is InChI=1S/C9H15N3O3S/c1-3-10-9(16)12-5-6(8(14)15-2)4-7(13)11-12/h6H,3-5H2,1-2H3,(H,10,16)(H,11,13). The summed E-state index contributed by atoms with van der Waals surface area (Å²) in [6, 6.07) is 0. The molecule has 0 aromatic carbocycles. The van der Waals surface area contributed by atoms with Crippen molar-refractivity contribution in [1.29, 1.82) is 0 Å². The molecule has 2 N–H and O–H groups in total. The molecule has 0 saturated carbocycles. The Morgan fingerprint density at radius 2 is 2.44 bits per heavy atom. The fraction of sp³-hybridized carbons (Fsp3) is 0.667. The summed E-state index contributed by atoms with van der Waals surface area (Å²) in [5.41, 5.74) is 2.59. The van der Waals surface area contributed by atoms with Gasteiger partial charge in [-0.1, -0.05) is 0 Å². The van der Waals surface area contributed by atoms with Gasteiger partial charge in [-0.15, -0.1) is 0 Å². The number of thiocarbonyl (C=S) groups is 1. The van der Waals surface area contributed by atoms with Crippen molar-refractivity contribution in [1.82, 2.24) is 15.8 Å². The number of esters is 1. The summed E-state index contributed by atoms with van der Waals surface area (Å²) in [5, 5.41) is 4.78. The summed E-state index contributed by atoms with van der Waals surface area (Å²) in [5.74, 6) is -1.09. The normalized spacial score (nSPS) is 20.0. The van der Waals surface area contributed by atoms with E-state index in [9.17, 15) is 9.59 Å². The third kappa shape index (κ3) is 3.06. The van der Waals surface area contributed by atoms with E-state index in [1.54, 1.807) is 0 Å². The highest BCUT2D eigenvalue weighted by molar-refractivity contribution is 7.80. The van der Waals surface area contributed by atoms with E-state index in [0.29, 0.717) is 18.2 Å². The summed E-state index contributed by atoms with van der Waals surface area (Å²) in [7, 11) is 1.31. The average Bonchev–Trinajstić information content (AvgIpc) is 2.27. The van der Waals surface area contributed by atoms with E-state index in [0.717, 1.165) is 0 Å². The van der Waals surface area contributed by atoms with Gasteiger partial charge in [-0.05, 0) is 19.1 Å². The summed E-state index contributed by atoms with van der Waals surface area (Å²) >= 11 is 5.05. The number of ether oxygens (including phenoxy) is 1. The summed E-state index contributed by atoms with van der Waals surface area (Å²) in [4.78, 5) is 22.7. The van der Waals surface area contributed by atoms with Crippen molar-refractivity contribution in [3.8, 4) is 0 Å². The SMILES string of the molecule is CCNC(=S)N1CC(C(=O)OC)CC(=O)N1. The van der Waals surface area contributed by atoms with Gasteiger partial charge < -0.3 is 10.1 Å². The first kappa shape index (κ1) is 12.7. The zero-order valence-corrected chi connectivity index (χ0v) is 10.1. The van der Waals surface area contributed by atoms with Crippen LogP contribution in [-0.4, -0.2) is 42.2 Å². The van der Waals surface area contributed by atoms with Crippen molar-refractivity contribution in [3.05, 3.63) is 0 Å². The zero-order valence-electron chi connectivity index (χ0n) is 9.28. The van der Waals surface area contributed by atoms with Crippen molar-refractivity contribution < 1.29 is 14.3 Å². The molecule has 1 amide bonds. The van der Waals surface area contributed by atoms with Gasteiger partial charge >= 0.3 is 5.97 Å². The lowest BCUT2D eigenvalue weighted by Gasteiger charge is -2.33. The van der Waals surface area contributed by atoms with Crippen LogP contribution in [0.1, 0.15) is 13.3 Å².